The Morgan fingerprint density at radius 2 is 2.17 bits per heavy atom. The Hall–Kier alpha value is -1.62. The SMILES string of the molecule is Cc1cc(SCC(=O)O)c2c(F)ccc(C)c2n1. The number of hydrogen-bond donors (Lipinski definition) is 1. The molecule has 0 atom stereocenters. The van der Waals surface area contributed by atoms with Crippen molar-refractivity contribution in [3.63, 3.8) is 0 Å². The topological polar surface area (TPSA) is 50.2 Å². The van der Waals surface area contributed by atoms with E-state index in [1.807, 2.05) is 13.8 Å². The third-order valence-electron chi connectivity index (χ3n) is 2.55. The lowest BCUT2D eigenvalue weighted by atomic mass is 10.1. The Balaban J connectivity index is 2.64. The molecule has 3 nitrogen and oxygen atoms in total. The van der Waals surface area contributed by atoms with Gasteiger partial charge in [0, 0.05) is 16.0 Å². The molecule has 1 heterocycles. The first-order valence-electron chi connectivity index (χ1n) is 5.40. The summed E-state index contributed by atoms with van der Waals surface area (Å²) in [6.45, 7) is 3.68. The highest BCUT2D eigenvalue weighted by molar-refractivity contribution is 8.00. The number of aliphatic carboxylic acids is 1. The molecule has 1 aromatic carbocycles. The van der Waals surface area contributed by atoms with E-state index in [0.29, 0.717) is 15.8 Å². The Kier molecular flexibility index (Phi) is 3.52. The van der Waals surface area contributed by atoms with Crippen LogP contribution < -0.4 is 0 Å². The van der Waals surface area contributed by atoms with Gasteiger partial charge in [-0.2, -0.15) is 0 Å². The van der Waals surface area contributed by atoms with Gasteiger partial charge in [-0.1, -0.05) is 6.07 Å². The number of carboxylic acids is 1. The van der Waals surface area contributed by atoms with Crippen LogP contribution in [0.2, 0.25) is 0 Å². The number of rotatable bonds is 3. The molecular weight excluding hydrogens is 253 g/mol. The number of fused-ring (bicyclic) bond motifs is 1. The first kappa shape index (κ1) is 12.8. The maximum absolute atomic E-state index is 13.9. The number of hydrogen-bond acceptors (Lipinski definition) is 3. The zero-order chi connectivity index (χ0) is 13.3. The minimum atomic E-state index is -0.921. The van der Waals surface area contributed by atoms with Gasteiger partial charge in [-0.05, 0) is 31.5 Å². The lowest BCUT2D eigenvalue weighted by Crippen LogP contribution is -1.99. The molecular formula is C13H12FNO2S. The number of nitrogens with zero attached hydrogens (tertiary/aromatic N) is 1. The second-order valence-electron chi connectivity index (χ2n) is 4.03. The van der Waals surface area contributed by atoms with Crippen molar-refractivity contribution < 1.29 is 14.3 Å². The summed E-state index contributed by atoms with van der Waals surface area (Å²) in [7, 11) is 0. The van der Waals surface area contributed by atoms with E-state index in [2.05, 4.69) is 4.98 Å². The molecule has 0 spiro atoms. The molecule has 0 fully saturated rings. The van der Waals surface area contributed by atoms with Crippen LogP contribution in [-0.4, -0.2) is 21.8 Å². The highest BCUT2D eigenvalue weighted by Crippen LogP contribution is 2.31. The highest BCUT2D eigenvalue weighted by Gasteiger charge is 2.12. The molecule has 0 unspecified atom stereocenters. The molecule has 0 amide bonds. The summed E-state index contributed by atoms with van der Waals surface area (Å²) in [6.07, 6.45) is 0. The van der Waals surface area contributed by atoms with Gasteiger partial charge >= 0.3 is 5.97 Å². The third-order valence-corrected chi connectivity index (χ3v) is 3.58. The predicted octanol–water partition coefficient (Wildman–Crippen LogP) is 3.17. The fourth-order valence-electron chi connectivity index (χ4n) is 1.77. The molecule has 0 aliphatic rings. The summed E-state index contributed by atoms with van der Waals surface area (Å²) in [5, 5.41) is 9.12. The van der Waals surface area contributed by atoms with E-state index in [9.17, 15) is 9.18 Å². The Bertz CT molecular complexity index is 628. The molecule has 5 heteroatoms. The highest BCUT2D eigenvalue weighted by atomic mass is 32.2. The zero-order valence-corrected chi connectivity index (χ0v) is 10.8. The number of pyridine rings is 1. The predicted molar refractivity (Wildman–Crippen MR) is 69.5 cm³/mol. The van der Waals surface area contributed by atoms with E-state index >= 15 is 0 Å². The number of aryl methyl sites for hydroxylation is 2. The molecule has 1 N–H and O–H groups in total. The lowest BCUT2D eigenvalue weighted by Gasteiger charge is -2.09. The van der Waals surface area contributed by atoms with Crippen molar-refractivity contribution in [3.8, 4) is 0 Å². The van der Waals surface area contributed by atoms with Crippen molar-refractivity contribution in [2.45, 2.75) is 18.7 Å². The summed E-state index contributed by atoms with van der Waals surface area (Å²) in [5.74, 6) is -1.38. The van der Waals surface area contributed by atoms with Crippen LogP contribution in [0.1, 0.15) is 11.3 Å². The van der Waals surface area contributed by atoms with Crippen molar-refractivity contribution in [1.82, 2.24) is 4.98 Å². The molecule has 0 aliphatic heterocycles. The fourth-order valence-corrected chi connectivity index (χ4v) is 2.64. The first-order valence-corrected chi connectivity index (χ1v) is 6.38. The van der Waals surface area contributed by atoms with Gasteiger partial charge in [-0.15, -0.1) is 11.8 Å². The smallest absolute Gasteiger partial charge is 0.313 e. The molecule has 2 aromatic rings. The van der Waals surface area contributed by atoms with E-state index in [0.717, 1.165) is 23.0 Å². The average Bonchev–Trinajstić information content (AvgIpc) is 2.30. The quantitative estimate of drug-likeness (QED) is 0.866. The van der Waals surface area contributed by atoms with Gasteiger partial charge in [0.2, 0.25) is 0 Å². The summed E-state index contributed by atoms with van der Waals surface area (Å²) in [4.78, 5) is 15.6. The molecule has 18 heavy (non-hydrogen) atoms. The first-order chi connectivity index (χ1) is 8.49. The standard InChI is InChI=1S/C13H12FNO2S/c1-7-3-4-9(14)12-10(18-6-11(16)17)5-8(2)15-13(7)12/h3-5H,6H2,1-2H3,(H,16,17). The molecule has 0 aliphatic carbocycles. The lowest BCUT2D eigenvalue weighted by molar-refractivity contribution is -0.133. The maximum Gasteiger partial charge on any atom is 0.313 e. The van der Waals surface area contributed by atoms with Crippen molar-refractivity contribution in [1.29, 1.82) is 0 Å². The average molecular weight is 265 g/mol. The van der Waals surface area contributed by atoms with Gasteiger partial charge in [-0.3, -0.25) is 9.78 Å². The number of carbonyl (C=O) groups is 1. The van der Waals surface area contributed by atoms with Crippen LogP contribution in [0.3, 0.4) is 0 Å². The van der Waals surface area contributed by atoms with Gasteiger partial charge in [-0.25, -0.2) is 4.39 Å². The summed E-state index contributed by atoms with van der Waals surface area (Å²) >= 11 is 1.12. The number of halogens is 1. The van der Waals surface area contributed by atoms with Gasteiger partial charge < -0.3 is 5.11 Å². The monoisotopic (exact) mass is 265 g/mol. The number of benzene rings is 1. The minimum Gasteiger partial charge on any atom is -0.481 e. The molecule has 0 radical (unpaired) electrons. The second kappa shape index (κ2) is 4.94. The van der Waals surface area contributed by atoms with Crippen molar-refractivity contribution in [2.24, 2.45) is 0 Å². The van der Waals surface area contributed by atoms with Crippen molar-refractivity contribution in [2.75, 3.05) is 5.75 Å². The van der Waals surface area contributed by atoms with Crippen LogP contribution in [0, 0.1) is 19.7 Å². The normalized spacial score (nSPS) is 10.8. The molecule has 1 aromatic heterocycles. The zero-order valence-electron chi connectivity index (χ0n) is 10.0. The van der Waals surface area contributed by atoms with Crippen molar-refractivity contribution >= 4 is 28.6 Å². The maximum atomic E-state index is 13.9. The van der Waals surface area contributed by atoms with Crippen LogP contribution in [0.25, 0.3) is 10.9 Å². The van der Waals surface area contributed by atoms with E-state index in [1.54, 1.807) is 12.1 Å². The molecule has 0 bridgehead atoms. The van der Waals surface area contributed by atoms with Crippen LogP contribution >= 0.6 is 11.8 Å². The Morgan fingerprint density at radius 3 is 2.83 bits per heavy atom. The van der Waals surface area contributed by atoms with E-state index in [4.69, 9.17) is 5.11 Å². The molecule has 2 rings (SSSR count). The number of aromatic nitrogens is 1. The van der Waals surface area contributed by atoms with Crippen LogP contribution in [0.4, 0.5) is 4.39 Å². The van der Waals surface area contributed by atoms with Gasteiger partial charge in [0.05, 0.1) is 11.3 Å². The van der Waals surface area contributed by atoms with E-state index in [1.165, 1.54) is 6.07 Å². The van der Waals surface area contributed by atoms with Crippen molar-refractivity contribution in [3.05, 3.63) is 35.3 Å². The Labute approximate surface area is 108 Å². The number of thioether (sulfide) groups is 1. The third kappa shape index (κ3) is 2.46. The minimum absolute atomic E-state index is 0.0913. The van der Waals surface area contributed by atoms with Crippen LogP contribution in [-0.2, 0) is 4.79 Å². The molecule has 0 saturated carbocycles. The van der Waals surface area contributed by atoms with Crippen LogP contribution in [0.5, 0.6) is 0 Å². The van der Waals surface area contributed by atoms with E-state index in [-0.39, 0.29) is 11.6 Å². The van der Waals surface area contributed by atoms with Gasteiger partial charge in [0.25, 0.3) is 0 Å². The number of carboxylic acid groups (broad SMARTS) is 1. The second-order valence-corrected chi connectivity index (χ2v) is 5.05. The molecule has 0 saturated heterocycles. The van der Waals surface area contributed by atoms with Gasteiger partial charge in [0.15, 0.2) is 0 Å². The summed E-state index contributed by atoms with van der Waals surface area (Å²) < 4.78 is 13.9. The fraction of sp³-hybridized carbons (Fsp3) is 0.231. The van der Waals surface area contributed by atoms with E-state index < -0.39 is 5.97 Å². The summed E-state index contributed by atoms with van der Waals surface area (Å²) in [6, 6.07) is 4.79. The molecule has 94 valence electrons. The largest absolute Gasteiger partial charge is 0.481 e. The summed E-state index contributed by atoms with van der Waals surface area (Å²) in [5.41, 5.74) is 2.24. The van der Waals surface area contributed by atoms with Gasteiger partial charge in [0.1, 0.15) is 5.82 Å². The Morgan fingerprint density at radius 1 is 1.44 bits per heavy atom. The van der Waals surface area contributed by atoms with Crippen LogP contribution in [0.15, 0.2) is 23.1 Å².